The molecular formula is C23H34N4O4. The number of benzene rings is 1. The van der Waals surface area contributed by atoms with E-state index in [1.165, 1.54) is 0 Å². The average molecular weight is 431 g/mol. The Bertz CT molecular complexity index is 796. The van der Waals surface area contributed by atoms with Gasteiger partial charge in [-0.2, -0.15) is 0 Å². The van der Waals surface area contributed by atoms with Gasteiger partial charge in [0.25, 0.3) is 5.91 Å². The summed E-state index contributed by atoms with van der Waals surface area (Å²) in [4.78, 5) is 34.6. The second kappa shape index (κ2) is 9.54. The van der Waals surface area contributed by atoms with Crippen LogP contribution in [0.3, 0.4) is 0 Å². The topological polar surface area (TPSA) is 76.6 Å². The van der Waals surface area contributed by atoms with Crippen molar-refractivity contribution in [2.75, 3.05) is 60.0 Å². The molecule has 8 heteroatoms. The number of likely N-dealkylation sites (N-methyl/N-ethyl adjacent to an activating group) is 1. The van der Waals surface area contributed by atoms with Crippen LogP contribution < -0.4 is 4.74 Å². The number of aliphatic hydroxyl groups excluding tert-OH is 1. The summed E-state index contributed by atoms with van der Waals surface area (Å²) in [5.74, 6) is 0.651. The minimum absolute atomic E-state index is 0.0390. The Hall–Kier alpha value is -2.16. The smallest absolute Gasteiger partial charge is 0.253 e. The van der Waals surface area contributed by atoms with Crippen LogP contribution in [0, 0.1) is 0 Å². The number of rotatable bonds is 1. The summed E-state index contributed by atoms with van der Waals surface area (Å²) in [5.41, 5.74) is 0.604. The highest BCUT2D eigenvalue weighted by molar-refractivity contribution is 5.94. The molecule has 4 rings (SSSR count). The van der Waals surface area contributed by atoms with Crippen LogP contribution in [0.4, 0.5) is 0 Å². The fourth-order valence-electron chi connectivity index (χ4n) is 4.86. The number of hydrogen-bond acceptors (Lipinski definition) is 6. The van der Waals surface area contributed by atoms with Crippen molar-refractivity contribution in [2.24, 2.45) is 0 Å². The van der Waals surface area contributed by atoms with E-state index in [4.69, 9.17) is 4.74 Å². The molecule has 2 bridgehead atoms. The molecule has 2 fully saturated rings. The van der Waals surface area contributed by atoms with E-state index in [-0.39, 0.29) is 23.9 Å². The Balaban J connectivity index is 1.59. The molecule has 3 atom stereocenters. The van der Waals surface area contributed by atoms with Crippen molar-refractivity contribution >= 4 is 11.8 Å². The Kier molecular flexibility index (Phi) is 6.79. The second-order valence-corrected chi connectivity index (χ2v) is 9.10. The number of aliphatic hydroxyl groups is 1. The van der Waals surface area contributed by atoms with Gasteiger partial charge in [-0.25, -0.2) is 0 Å². The summed E-state index contributed by atoms with van der Waals surface area (Å²) in [6.07, 6.45) is 1.44. The molecule has 3 aliphatic rings. The Labute approximate surface area is 184 Å². The second-order valence-electron chi connectivity index (χ2n) is 9.10. The maximum absolute atomic E-state index is 13.7. The number of ether oxygens (including phenoxy) is 1. The van der Waals surface area contributed by atoms with E-state index < -0.39 is 6.10 Å². The number of amides is 2. The minimum atomic E-state index is -0.527. The average Bonchev–Trinajstić information content (AvgIpc) is 3.15. The summed E-state index contributed by atoms with van der Waals surface area (Å²) in [6.45, 7) is 4.83. The molecule has 2 amide bonds. The third-order valence-corrected chi connectivity index (χ3v) is 6.78. The molecule has 31 heavy (non-hydrogen) atoms. The molecule has 3 aliphatic heterocycles. The third-order valence-electron chi connectivity index (χ3n) is 6.78. The van der Waals surface area contributed by atoms with Gasteiger partial charge in [0.15, 0.2) is 0 Å². The van der Waals surface area contributed by atoms with Crippen molar-refractivity contribution in [3.05, 3.63) is 29.8 Å². The molecule has 1 aromatic carbocycles. The van der Waals surface area contributed by atoms with Crippen molar-refractivity contribution in [3.63, 3.8) is 0 Å². The highest BCUT2D eigenvalue weighted by Crippen LogP contribution is 2.25. The number of carbonyl (C=O) groups is 2. The van der Waals surface area contributed by atoms with Crippen LogP contribution in [0.5, 0.6) is 5.75 Å². The molecule has 8 nitrogen and oxygen atoms in total. The zero-order valence-electron chi connectivity index (χ0n) is 18.6. The van der Waals surface area contributed by atoms with E-state index in [0.29, 0.717) is 43.9 Å². The van der Waals surface area contributed by atoms with Gasteiger partial charge in [-0.1, -0.05) is 6.07 Å². The predicted octanol–water partition coefficient (Wildman–Crippen LogP) is 0.509. The molecule has 1 aromatic rings. The Morgan fingerprint density at radius 3 is 2.61 bits per heavy atom. The predicted molar refractivity (Wildman–Crippen MR) is 117 cm³/mol. The SMILES string of the molecule is CN1CCN([C@H]2CCCN(C)C(=O)c3cccc(c3)OC[C@@H]3C[C@H](O)CN3C2=O)CC1. The standard InChI is InChI=1S/C23H34N4O4/c1-24-9-11-26(12-10-24)21-7-4-8-25(2)22(29)17-5-3-6-20(13-17)31-16-18-14-19(28)15-27(18)23(21)30/h3,5-6,13,18-19,21,28H,4,7-12,14-16H2,1-2H3/t18-,19-,21-/m0/s1. The lowest BCUT2D eigenvalue weighted by Gasteiger charge is -2.39. The van der Waals surface area contributed by atoms with Crippen molar-refractivity contribution in [1.82, 2.24) is 19.6 Å². The summed E-state index contributed by atoms with van der Waals surface area (Å²) in [5, 5.41) is 10.3. The molecule has 3 heterocycles. The van der Waals surface area contributed by atoms with Crippen LogP contribution in [-0.2, 0) is 4.79 Å². The number of hydrogen-bond donors (Lipinski definition) is 1. The van der Waals surface area contributed by atoms with Gasteiger partial charge < -0.3 is 24.5 Å². The minimum Gasteiger partial charge on any atom is -0.491 e. The van der Waals surface area contributed by atoms with Gasteiger partial charge in [0.05, 0.1) is 18.2 Å². The van der Waals surface area contributed by atoms with E-state index in [1.807, 2.05) is 17.0 Å². The van der Waals surface area contributed by atoms with Crippen molar-refractivity contribution in [2.45, 2.75) is 37.5 Å². The van der Waals surface area contributed by atoms with Gasteiger partial charge in [0.1, 0.15) is 12.4 Å². The van der Waals surface area contributed by atoms with Crippen LogP contribution in [0.2, 0.25) is 0 Å². The van der Waals surface area contributed by atoms with E-state index in [9.17, 15) is 14.7 Å². The molecule has 0 saturated carbocycles. The molecule has 170 valence electrons. The highest BCUT2D eigenvalue weighted by Gasteiger charge is 2.40. The summed E-state index contributed by atoms with van der Waals surface area (Å²) in [7, 11) is 3.91. The quantitative estimate of drug-likeness (QED) is 0.700. The maximum Gasteiger partial charge on any atom is 0.253 e. The Morgan fingerprint density at radius 2 is 1.84 bits per heavy atom. The maximum atomic E-state index is 13.7. The summed E-state index contributed by atoms with van der Waals surface area (Å²) < 4.78 is 5.98. The van der Waals surface area contributed by atoms with Gasteiger partial charge in [0, 0.05) is 51.9 Å². The first kappa shape index (κ1) is 22.0. The monoisotopic (exact) mass is 430 g/mol. The first-order valence-corrected chi connectivity index (χ1v) is 11.3. The molecule has 0 unspecified atom stereocenters. The number of piperazine rings is 1. The van der Waals surface area contributed by atoms with Gasteiger partial charge in [0.2, 0.25) is 5.91 Å². The normalized spacial score (nSPS) is 29.5. The van der Waals surface area contributed by atoms with Gasteiger partial charge in [-0.15, -0.1) is 0 Å². The zero-order chi connectivity index (χ0) is 22.0. The Morgan fingerprint density at radius 1 is 1.06 bits per heavy atom. The number of fused-ring (bicyclic) bond motifs is 3. The summed E-state index contributed by atoms with van der Waals surface area (Å²) in [6, 6.07) is 6.81. The van der Waals surface area contributed by atoms with Crippen LogP contribution in [0.1, 0.15) is 29.6 Å². The zero-order valence-corrected chi connectivity index (χ0v) is 18.6. The molecular weight excluding hydrogens is 396 g/mol. The highest BCUT2D eigenvalue weighted by atomic mass is 16.5. The van der Waals surface area contributed by atoms with E-state index in [2.05, 4.69) is 16.8 Å². The first-order chi connectivity index (χ1) is 14.9. The van der Waals surface area contributed by atoms with Gasteiger partial charge in [-0.3, -0.25) is 14.5 Å². The molecule has 0 spiro atoms. The fourth-order valence-corrected chi connectivity index (χ4v) is 4.86. The van der Waals surface area contributed by atoms with E-state index >= 15 is 0 Å². The van der Waals surface area contributed by atoms with Crippen LogP contribution in [0.25, 0.3) is 0 Å². The van der Waals surface area contributed by atoms with Crippen molar-refractivity contribution in [1.29, 1.82) is 0 Å². The fraction of sp³-hybridized carbons (Fsp3) is 0.652. The first-order valence-electron chi connectivity index (χ1n) is 11.3. The molecule has 1 N–H and O–H groups in total. The third kappa shape index (κ3) is 5.02. The number of carbonyl (C=O) groups excluding carboxylic acids is 2. The lowest BCUT2D eigenvalue weighted by Crippen LogP contribution is -2.56. The van der Waals surface area contributed by atoms with Crippen LogP contribution in [0.15, 0.2) is 24.3 Å². The lowest BCUT2D eigenvalue weighted by molar-refractivity contribution is -0.139. The molecule has 0 aliphatic carbocycles. The van der Waals surface area contributed by atoms with Crippen molar-refractivity contribution in [3.8, 4) is 5.75 Å². The number of nitrogens with zero attached hydrogens (tertiary/aromatic N) is 4. The van der Waals surface area contributed by atoms with Crippen LogP contribution in [-0.4, -0.2) is 115 Å². The van der Waals surface area contributed by atoms with E-state index in [1.54, 1.807) is 24.1 Å². The molecule has 0 radical (unpaired) electrons. The molecule has 0 aromatic heterocycles. The molecule has 2 saturated heterocycles. The lowest BCUT2D eigenvalue weighted by atomic mass is 10.1. The van der Waals surface area contributed by atoms with E-state index in [0.717, 1.165) is 32.6 Å². The van der Waals surface area contributed by atoms with Gasteiger partial charge >= 0.3 is 0 Å². The van der Waals surface area contributed by atoms with Gasteiger partial charge in [-0.05, 0) is 44.5 Å². The van der Waals surface area contributed by atoms with Crippen molar-refractivity contribution < 1.29 is 19.4 Å². The summed E-state index contributed by atoms with van der Waals surface area (Å²) >= 11 is 0. The van der Waals surface area contributed by atoms with Crippen LogP contribution >= 0.6 is 0 Å². The largest absolute Gasteiger partial charge is 0.491 e.